The molecule has 0 unspecified atom stereocenters. The minimum absolute atomic E-state index is 0. The second-order valence-electron chi connectivity index (χ2n) is 7.30. The summed E-state index contributed by atoms with van der Waals surface area (Å²) < 4.78 is 5.56. The predicted octanol–water partition coefficient (Wildman–Crippen LogP) is 3.52. The molecule has 1 aromatic heterocycles. The number of hydrogen-bond acceptors (Lipinski definition) is 3. The number of aryl methyl sites for hydroxylation is 1. The van der Waals surface area contributed by atoms with E-state index >= 15 is 0 Å². The maximum absolute atomic E-state index is 11.6. The van der Waals surface area contributed by atoms with Gasteiger partial charge in [-0.3, -0.25) is 9.79 Å². The Hall–Kier alpha value is -2.75. The molecule has 3 rings (SSSR count). The quantitative estimate of drug-likeness (QED) is 0.187. The molecule has 3 aromatic rings. The Kier molecular flexibility index (Phi) is 10.3. The predicted molar refractivity (Wildman–Crippen MR) is 141 cm³/mol. The van der Waals surface area contributed by atoms with Crippen LogP contribution in [0.25, 0.3) is 10.9 Å². The second-order valence-corrected chi connectivity index (χ2v) is 7.30. The maximum atomic E-state index is 11.6. The Labute approximate surface area is 206 Å². The maximum Gasteiger partial charge on any atom is 0.257 e. The highest BCUT2D eigenvalue weighted by atomic mass is 127. The topological polar surface area (TPSA) is 90.5 Å². The van der Waals surface area contributed by atoms with Crippen molar-refractivity contribution < 1.29 is 9.53 Å². The number of ether oxygens (including phenoxy) is 1. The van der Waals surface area contributed by atoms with Crippen LogP contribution in [-0.2, 0) is 17.8 Å². The fraction of sp³-hybridized carbons (Fsp3) is 0.333. The number of halogens is 1. The highest BCUT2D eigenvalue weighted by molar-refractivity contribution is 14.0. The first-order chi connectivity index (χ1) is 15.1. The van der Waals surface area contributed by atoms with E-state index in [2.05, 4.69) is 57.2 Å². The van der Waals surface area contributed by atoms with Crippen LogP contribution >= 0.6 is 24.0 Å². The number of rotatable bonds is 9. The van der Waals surface area contributed by atoms with Gasteiger partial charge in [-0.15, -0.1) is 24.0 Å². The molecule has 0 spiro atoms. The zero-order chi connectivity index (χ0) is 22.1. The minimum Gasteiger partial charge on any atom is -0.484 e. The number of carbonyl (C=O) groups is 1. The first-order valence-electron chi connectivity index (χ1n) is 10.6. The van der Waals surface area contributed by atoms with E-state index in [1.807, 2.05) is 31.2 Å². The number of hydrogen-bond donors (Lipinski definition) is 4. The molecular formula is C24H32IN5O2. The zero-order valence-corrected chi connectivity index (χ0v) is 21.2. The van der Waals surface area contributed by atoms with Gasteiger partial charge in [0.25, 0.3) is 5.91 Å². The number of para-hydroxylation sites is 1. The molecule has 0 aliphatic rings. The third-order valence-corrected chi connectivity index (χ3v) is 5.02. The first kappa shape index (κ1) is 25.5. The molecule has 8 heteroatoms. The molecule has 0 atom stereocenters. The summed E-state index contributed by atoms with van der Waals surface area (Å²) in [7, 11) is 1.76. The molecule has 1 heterocycles. The molecule has 7 nitrogen and oxygen atoms in total. The van der Waals surface area contributed by atoms with Crippen LogP contribution in [0.1, 0.15) is 23.6 Å². The molecular weight excluding hydrogens is 517 g/mol. The smallest absolute Gasteiger partial charge is 0.257 e. The monoisotopic (exact) mass is 549 g/mol. The van der Waals surface area contributed by atoms with E-state index in [-0.39, 0.29) is 36.5 Å². The largest absolute Gasteiger partial charge is 0.484 e. The van der Waals surface area contributed by atoms with Crippen LogP contribution < -0.4 is 20.7 Å². The van der Waals surface area contributed by atoms with Crippen LogP contribution in [0.15, 0.2) is 53.7 Å². The van der Waals surface area contributed by atoms with Crippen molar-refractivity contribution in [1.29, 1.82) is 0 Å². The highest BCUT2D eigenvalue weighted by Gasteiger charge is 2.06. The molecule has 0 bridgehead atoms. The van der Waals surface area contributed by atoms with E-state index in [1.54, 1.807) is 7.05 Å². The molecule has 32 heavy (non-hydrogen) atoms. The van der Waals surface area contributed by atoms with Crippen molar-refractivity contribution in [1.82, 2.24) is 20.9 Å². The van der Waals surface area contributed by atoms with Gasteiger partial charge in [-0.2, -0.15) is 0 Å². The minimum atomic E-state index is -0.124. The van der Waals surface area contributed by atoms with Gasteiger partial charge in [-0.25, -0.2) is 0 Å². The lowest BCUT2D eigenvalue weighted by Gasteiger charge is -2.13. The normalized spacial score (nSPS) is 11.0. The van der Waals surface area contributed by atoms with Gasteiger partial charge < -0.3 is 25.7 Å². The Morgan fingerprint density at radius 1 is 1.12 bits per heavy atom. The number of nitrogens with zero attached hydrogens (tertiary/aromatic N) is 1. The number of nitrogens with one attached hydrogen (secondary N) is 4. The van der Waals surface area contributed by atoms with E-state index in [1.165, 1.54) is 22.0 Å². The van der Waals surface area contributed by atoms with Crippen molar-refractivity contribution in [3.63, 3.8) is 0 Å². The number of fused-ring (bicyclic) bond motifs is 1. The van der Waals surface area contributed by atoms with Crippen LogP contribution in [0, 0.1) is 6.92 Å². The number of benzene rings is 2. The molecule has 2 aromatic carbocycles. The van der Waals surface area contributed by atoms with Gasteiger partial charge in [0.1, 0.15) is 5.75 Å². The average Bonchev–Trinajstić information content (AvgIpc) is 3.19. The van der Waals surface area contributed by atoms with Crippen molar-refractivity contribution in [3.05, 3.63) is 65.4 Å². The number of carbonyl (C=O) groups excluding carboxylic acids is 1. The lowest BCUT2D eigenvalue weighted by molar-refractivity contribution is -0.122. The number of aromatic amines is 1. The molecule has 0 saturated heterocycles. The van der Waals surface area contributed by atoms with Crippen LogP contribution in [0.5, 0.6) is 5.75 Å². The Balaban J connectivity index is 0.00000363. The van der Waals surface area contributed by atoms with Gasteiger partial charge in [-0.05, 0) is 49.1 Å². The van der Waals surface area contributed by atoms with Gasteiger partial charge in [0, 0.05) is 43.8 Å². The summed E-state index contributed by atoms with van der Waals surface area (Å²) in [4.78, 5) is 19.2. The standard InChI is InChI=1S/C24H31N5O2.HI/c1-4-26-22(30)16-31-20-9-6-8-18(13-20)14-29-24(25-3)27-12-11-19-15-28-23-17(2)7-5-10-21(19)23;/h5-10,13,15,28H,4,11-12,14,16H2,1-3H3,(H,26,30)(H2,25,27,29);1H. The Bertz CT molecular complexity index is 1050. The lowest BCUT2D eigenvalue weighted by Crippen LogP contribution is -2.37. The molecule has 0 radical (unpaired) electrons. The van der Waals surface area contributed by atoms with E-state index < -0.39 is 0 Å². The van der Waals surface area contributed by atoms with Crippen molar-refractivity contribution >= 4 is 46.7 Å². The Morgan fingerprint density at radius 3 is 2.72 bits per heavy atom. The molecule has 4 N–H and O–H groups in total. The van der Waals surface area contributed by atoms with E-state index in [4.69, 9.17) is 4.74 Å². The lowest BCUT2D eigenvalue weighted by atomic mass is 10.1. The molecule has 1 amide bonds. The van der Waals surface area contributed by atoms with Gasteiger partial charge in [0.05, 0.1) is 0 Å². The number of H-pyrrole nitrogens is 1. The third-order valence-electron chi connectivity index (χ3n) is 5.02. The van der Waals surface area contributed by atoms with Crippen molar-refractivity contribution in [3.8, 4) is 5.75 Å². The van der Waals surface area contributed by atoms with Crippen molar-refractivity contribution in [2.75, 3.05) is 26.7 Å². The number of guanidine groups is 1. The summed E-state index contributed by atoms with van der Waals surface area (Å²) in [5, 5.41) is 10.7. The molecule has 0 fully saturated rings. The van der Waals surface area contributed by atoms with Crippen LogP contribution in [0.2, 0.25) is 0 Å². The summed E-state index contributed by atoms with van der Waals surface area (Å²) >= 11 is 0. The summed E-state index contributed by atoms with van der Waals surface area (Å²) in [6, 6.07) is 14.1. The van der Waals surface area contributed by atoms with E-state index in [9.17, 15) is 4.79 Å². The van der Waals surface area contributed by atoms with Crippen molar-refractivity contribution in [2.24, 2.45) is 4.99 Å². The summed E-state index contributed by atoms with van der Waals surface area (Å²) in [5.74, 6) is 1.29. The SMILES string of the molecule is CCNC(=O)COc1cccc(CNC(=NC)NCCc2c[nH]c3c(C)cccc23)c1.I. The number of aromatic nitrogens is 1. The number of aliphatic imine (C=N–C) groups is 1. The molecule has 172 valence electrons. The molecule has 0 saturated carbocycles. The van der Waals surface area contributed by atoms with Crippen LogP contribution in [0.3, 0.4) is 0 Å². The van der Waals surface area contributed by atoms with E-state index in [0.717, 1.165) is 24.5 Å². The fourth-order valence-electron chi connectivity index (χ4n) is 3.44. The van der Waals surface area contributed by atoms with Gasteiger partial charge in [0.2, 0.25) is 0 Å². The molecule has 0 aliphatic heterocycles. The fourth-order valence-corrected chi connectivity index (χ4v) is 3.44. The first-order valence-corrected chi connectivity index (χ1v) is 10.6. The highest BCUT2D eigenvalue weighted by Crippen LogP contribution is 2.21. The zero-order valence-electron chi connectivity index (χ0n) is 18.8. The number of likely N-dealkylation sites (N-methyl/N-ethyl adjacent to an activating group) is 1. The van der Waals surface area contributed by atoms with Crippen LogP contribution in [0.4, 0.5) is 0 Å². The Morgan fingerprint density at radius 2 is 1.94 bits per heavy atom. The van der Waals surface area contributed by atoms with Gasteiger partial charge >= 0.3 is 0 Å². The summed E-state index contributed by atoms with van der Waals surface area (Å²) in [6.07, 6.45) is 2.98. The second kappa shape index (κ2) is 12.9. The third kappa shape index (κ3) is 7.15. The summed E-state index contributed by atoms with van der Waals surface area (Å²) in [5.41, 5.74) is 4.79. The number of amides is 1. The summed E-state index contributed by atoms with van der Waals surface area (Å²) in [6.45, 7) is 5.99. The van der Waals surface area contributed by atoms with Crippen LogP contribution in [-0.4, -0.2) is 43.6 Å². The average molecular weight is 549 g/mol. The van der Waals surface area contributed by atoms with Crippen molar-refractivity contribution in [2.45, 2.75) is 26.8 Å². The molecule has 0 aliphatic carbocycles. The van der Waals surface area contributed by atoms with Gasteiger partial charge in [-0.1, -0.05) is 30.3 Å². The van der Waals surface area contributed by atoms with E-state index in [0.29, 0.717) is 18.8 Å². The van der Waals surface area contributed by atoms with Gasteiger partial charge in [0.15, 0.2) is 12.6 Å².